The van der Waals surface area contributed by atoms with Crippen LogP contribution in [0.2, 0.25) is 0 Å². The van der Waals surface area contributed by atoms with Gasteiger partial charge in [0.25, 0.3) is 0 Å². The van der Waals surface area contributed by atoms with Gasteiger partial charge in [-0.25, -0.2) is 0 Å². The van der Waals surface area contributed by atoms with E-state index in [4.69, 9.17) is 0 Å². The molecular formula is C15H23NO. The van der Waals surface area contributed by atoms with Crippen molar-refractivity contribution in [3.05, 3.63) is 35.4 Å². The van der Waals surface area contributed by atoms with Crippen LogP contribution < -0.4 is 5.32 Å². The highest BCUT2D eigenvalue weighted by Crippen LogP contribution is 2.27. The van der Waals surface area contributed by atoms with Crippen LogP contribution in [0.4, 0.5) is 0 Å². The minimum atomic E-state index is -0.144. The van der Waals surface area contributed by atoms with Crippen LogP contribution in [0.1, 0.15) is 37.8 Å². The summed E-state index contributed by atoms with van der Waals surface area (Å²) in [4.78, 5) is 0. The second kappa shape index (κ2) is 5.19. The standard InChI is InChI=1S/C15H23NO/c1-15(2,11-17)14-8-4-3-6-12(14)10-13-7-5-9-16-13/h3-4,6,8,13,16-17H,5,7,9-11H2,1-2H3. The van der Waals surface area contributed by atoms with Crippen molar-refractivity contribution in [2.75, 3.05) is 13.2 Å². The molecule has 1 atom stereocenters. The summed E-state index contributed by atoms with van der Waals surface area (Å²) in [5, 5.41) is 13.1. The topological polar surface area (TPSA) is 32.3 Å². The SMILES string of the molecule is CC(C)(CO)c1ccccc1CC1CCCN1. The van der Waals surface area contributed by atoms with Gasteiger partial charge in [0.1, 0.15) is 0 Å². The van der Waals surface area contributed by atoms with Crippen molar-refractivity contribution in [3.63, 3.8) is 0 Å². The zero-order chi connectivity index (χ0) is 12.3. The van der Waals surface area contributed by atoms with E-state index in [1.807, 2.05) is 0 Å². The van der Waals surface area contributed by atoms with Gasteiger partial charge in [-0.15, -0.1) is 0 Å². The summed E-state index contributed by atoms with van der Waals surface area (Å²) in [6, 6.07) is 9.14. The lowest BCUT2D eigenvalue weighted by Crippen LogP contribution is -2.28. The zero-order valence-corrected chi connectivity index (χ0v) is 10.9. The number of hydrogen-bond donors (Lipinski definition) is 2. The third kappa shape index (κ3) is 2.88. The van der Waals surface area contributed by atoms with Crippen molar-refractivity contribution in [3.8, 4) is 0 Å². The fourth-order valence-corrected chi connectivity index (χ4v) is 2.64. The molecule has 1 saturated heterocycles. The number of nitrogens with one attached hydrogen (secondary N) is 1. The van der Waals surface area contributed by atoms with Crippen molar-refractivity contribution >= 4 is 0 Å². The Morgan fingerprint density at radius 3 is 2.76 bits per heavy atom. The highest BCUT2D eigenvalue weighted by Gasteiger charge is 2.24. The highest BCUT2D eigenvalue weighted by molar-refractivity contribution is 5.34. The predicted octanol–water partition coefficient (Wildman–Crippen LogP) is 2.25. The Morgan fingerprint density at radius 2 is 2.12 bits per heavy atom. The molecule has 1 aliphatic heterocycles. The Morgan fingerprint density at radius 1 is 1.35 bits per heavy atom. The molecule has 1 unspecified atom stereocenters. The molecule has 94 valence electrons. The molecule has 1 fully saturated rings. The average Bonchev–Trinajstić information content (AvgIpc) is 2.82. The molecule has 0 aliphatic carbocycles. The smallest absolute Gasteiger partial charge is 0.0522 e. The van der Waals surface area contributed by atoms with Gasteiger partial charge in [-0.1, -0.05) is 38.1 Å². The van der Waals surface area contributed by atoms with Crippen molar-refractivity contribution in [1.82, 2.24) is 5.32 Å². The Kier molecular flexibility index (Phi) is 3.85. The molecule has 0 radical (unpaired) electrons. The number of hydrogen-bond acceptors (Lipinski definition) is 2. The summed E-state index contributed by atoms with van der Waals surface area (Å²) in [6.07, 6.45) is 3.64. The van der Waals surface area contributed by atoms with Gasteiger partial charge >= 0.3 is 0 Å². The molecule has 0 bridgehead atoms. The molecule has 1 heterocycles. The quantitative estimate of drug-likeness (QED) is 0.836. The first kappa shape index (κ1) is 12.6. The minimum Gasteiger partial charge on any atom is -0.395 e. The van der Waals surface area contributed by atoms with E-state index in [-0.39, 0.29) is 12.0 Å². The third-order valence-electron chi connectivity index (χ3n) is 3.77. The summed E-state index contributed by atoms with van der Waals surface area (Å²) >= 11 is 0. The van der Waals surface area contributed by atoms with Crippen LogP contribution in [-0.4, -0.2) is 24.3 Å². The van der Waals surface area contributed by atoms with Gasteiger partial charge in [0.15, 0.2) is 0 Å². The molecule has 2 rings (SSSR count). The van der Waals surface area contributed by atoms with Crippen LogP contribution in [0.25, 0.3) is 0 Å². The number of benzene rings is 1. The van der Waals surface area contributed by atoms with Crippen LogP contribution in [0.3, 0.4) is 0 Å². The second-order valence-corrected chi connectivity index (χ2v) is 5.70. The van der Waals surface area contributed by atoms with Crippen LogP contribution in [0.15, 0.2) is 24.3 Å². The maximum Gasteiger partial charge on any atom is 0.0522 e. The molecule has 0 spiro atoms. The van der Waals surface area contributed by atoms with E-state index in [0.29, 0.717) is 6.04 Å². The van der Waals surface area contributed by atoms with Gasteiger partial charge in [0, 0.05) is 11.5 Å². The molecule has 0 aromatic heterocycles. The van der Waals surface area contributed by atoms with Crippen LogP contribution in [-0.2, 0) is 11.8 Å². The van der Waals surface area contributed by atoms with Crippen molar-refractivity contribution < 1.29 is 5.11 Å². The van der Waals surface area contributed by atoms with Gasteiger partial charge in [0.05, 0.1) is 6.61 Å². The van der Waals surface area contributed by atoms with E-state index in [1.54, 1.807) is 0 Å². The monoisotopic (exact) mass is 233 g/mol. The fourth-order valence-electron chi connectivity index (χ4n) is 2.64. The molecule has 1 aromatic carbocycles. The van der Waals surface area contributed by atoms with Gasteiger partial charge < -0.3 is 10.4 Å². The molecule has 17 heavy (non-hydrogen) atoms. The predicted molar refractivity (Wildman–Crippen MR) is 71.3 cm³/mol. The summed E-state index contributed by atoms with van der Waals surface area (Å²) < 4.78 is 0. The first-order chi connectivity index (χ1) is 8.13. The molecule has 0 saturated carbocycles. The first-order valence-corrected chi connectivity index (χ1v) is 6.56. The summed E-state index contributed by atoms with van der Waals surface area (Å²) in [5.41, 5.74) is 2.53. The first-order valence-electron chi connectivity index (χ1n) is 6.56. The Balaban J connectivity index is 2.21. The van der Waals surface area contributed by atoms with Crippen LogP contribution in [0.5, 0.6) is 0 Å². The van der Waals surface area contributed by atoms with Gasteiger partial charge in [-0.3, -0.25) is 0 Å². The normalized spacial score (nSPS) is 20.8. The van der Waals surface area contributed by atoms with E-state index >= 15 is 0 Å². The number of aliphatic hydroxyl groups is 1. The largest absolute Gasteiger partial charge is 0.395 e. The van der Waals surface area contributed by atoms with Crippen LogP contribution >= 0.6 is 0 Å². The van der Waals surface area contributed by atoms with Crippen molar-refractivity contribution in [1.29, 1.82) is 0 Å². The van der Waals surface area contributed by atoms with Crippen molar-refractivity contribution in [2.24, 2.45) is 0 Å². The van der Waals surface area contributed by atoms with E-state index in [9.17, 15) is 5.11 Å². The molecule has 2 nitrogen and oxygen atoms in total. The lowest BCUT2D eigenvalue weighted by atomic mass is 9.81. The van der Waals surface area contributed by atoms with Gasteiger partial charge in [-0.05, 0) is 36.9 Å². The lowest BCUT2D eigenvalue weighted by Gasteiger charge is -2.26. The molecule has 0 amide bonds. The van der Waals surface area contributed by atoms with E-state index in [1.165, 1.54) is 24.0 Å². The maximum absolute atomic E-state index is 9.52. The third-order valence-corrected chi connectivity index (χ3v) is 3.77. The molecular weight excluding hydrogens is 210 g/mol. The molecule has 1 aliphatic rings. The molecule has 2 N–H and O–H groups in total. The van der Waals surface area contributed by atoms with Crippen LogP contribution in [0, 0.1) is 0 Å². The average molecular weight is 233 g/mol. The van der Waals surface area contributed by atoms with E-state index in [0.717, 1.165) is 13.0 Å². The molecule has 2 heteroatoms. The zero-order valence-electron chi connectivity index (χ0n) is 10.9. The fraction of sp³-hybridized carbons (Fsp3) is 0.600. The number of aliphatic hydroxyl groups excluding tert-OH is 1. The molecule has 1 aromatic rings. The Bertz CT molecular complexity index is 367. The van der Waals surface area contributed by atoms with Gasteiger partial charge in [-0.2, -0.15) is 0 Å². The second-order valence-electron chi connectivity index (χ2n) is 5.70. The summed E-state index contributed by atoms with van der Waals surface area (Å²) in [7, 11) is 0. The maximum atomic E-state index is 9.52. The Labute approximate surface area is 104 Å². The van der Waals surface area contributed by atoms with Gasteiger partial charge in [0.2, 0.25) is 0 Å². The van der Waals surface area contributed by atoms with Crippen molar-refractivity contribution in [2.45, 2.75) is 44.6 Å². The van der Waals surface area contributed by atoms with E-state index in [2.05, 4.69) is 43.4 Å². The number of rotatable bonds is 4. The minimum absolute atomic E-state index is 0.144. The summed E-state index contributed by atoms with van der Waals surface area (Å²) in [5.74, 6) is 0. The highest BCUT2D eigenvalue weighted by atomic mass is 16.3. The lowest BCUT2D eigenvalue weighted by molar-refractivity contribution is 0.217. The van der Waals surface area contributed by atoms with E-state index < -0.39 is 0 Å². The Hall–Kier alpha value is -0.860. The summed E-state index contributed by atoms with van der Waals surface area (Å²) in [6.45, 7) is 5.56.